The lowest BCUT2D eigenvalue weighted by Gasteiger charge is -2.28. The molecule has 25 heavy (non-hydrogen) atoms. The SMILES string of the molecule is COC(=O)CCCC=CCC1CC=CC1(O)COCc1ccccc1. The Morgan fingerprint density at radius 3 is 2.88 bits per heavy atom. The van der Waals surface area contributed by atoms with Gasteiger partial charge in [-0.2, -0.15) is 0 Å². The van der Waals surface area contributed by atoms with E-state index in [0.29, 0.717) is 19.6 Å². The van der Waals surface area contributed by atoms with Crippen LogP contribution in [0.15, 0.2) is 54.6 Å². The summed E-state index contributed by atoms with van der Waals surface area (Å²) in [6, 6.07) is 9.98. The zero-order valence-electron chi connectivity index (χ0n) is 14.9. The Labute approximate surface area is 150 Å². The highest BCUT2D eigenvalue weighted by molar-refractivity contribution is 5.69. The summed E-state index contributed by atoms with van der Waals surface area (Å²) in [7, 11) is 1.41. The highest BCUT2D eigenvalue weighted by atomic mass is 16.5. The van der Waals surface area contributed by atoms with E-state index in [1.807, 2.05) is 42.5 Å². The van der Waals surface area contributed by atoms with Gasteiger partial charge < -0.3 is 14.6 Å². The number of methoxy groups -OCH3 is 1. The van der Waals surface area contributed by atoms with Crippen molar-refractivity contribution in [2.75, 3.05) is 13.7 Å². The van der Waals surface area contributed by atoms with Crippen molar-refractivity contribution in [3.63, 3.8) is 0 Å². The second-order valence-electron chi connectivity index (χ2n) is 6.48. The van der Waals surface area contributed by atoms with E-state index in [9.17, 15) is 9.90 Å². The molecule has 0 aromatic heterocycles. The molecular weight excluding hydrogens is 316 g/mol. The number of unbranched alkanes of at least 4 members (excludes halogenated alkanes) is 1. The fourth-order valence-corrected chi connectivity index (χ4v) is 2.99. The fraction of sp³-hybridized carbons (Fsp3) is 0.476. The van der Waals surface area contributed by atoms with E-state index in [-0.39, 0.29) is 11.9 Å². The molecule has 1 N–H and O–H groups in total. The third-order valence-corrected chi connectivity index (χ3v) is 4.55. The van der Waals surface area contributed by atoms with Crippen molar-refractivity contribution >= 4 is 5.97 Å². The van der Waals surface area contributed by atoms with Gasteiger partial charge in [0, 0.05) is 12.3 Å². The molecule has 2 atom stereocenters. The van der Waals surface area contributed by atoms with Crippen LogP contribution in [0.25, 0.3) is 0 Å². The lowest BCUT2D eigenvalue weighted by atomic mass is 9.88. The average molecular weight is 344 g/mol. The normalized spacial score (nSPS) is 22.6. The van der Waals surface area contributed by atoms with Crippen molar-refractivity contribution in [3.05, 3.63) is 60.2 Å². The van der Waals surface area contributed by atoms with Crippen LogP contribution >= 0.6 is 0 Å². The summed E-state index contributed by atoms with van der Waals surface area (Å²) in [6.45, 7) is 0.812. The maximum atomic E-state index is 11.0. The topological polar surface area (TPSA) is 55.8 Å². The largest absolute Gasteiger partial charge is 0.469 e. The van der Waals surface area contributed by atoms with Crippen LogP contribution in [0.5, 0.6) is 0 Å². The average Bonchev–Trinajstić information content (AvgIpc) is 2.99. The number of hydrogen-bond acceptors (Lipinski definition) is 4. The van der Waals surface area contributed by atoms with Crippen LogP contribution in [-0.4, -0.2) is 30.4 Å². The summed E-state index contributed by atoms with van der Waals surface area (Å²) < 4.78 is 10.4. The molecule has 0 radical (unpaired) electrons. The van der Waals surface area contributed by atoms with Gasteiger partial charge in [-0.25, -0.2) is 0 Å². The first-order chi connectivity index (χ1) is 12.1. The first-order valence-electron chi connectivity index (χ1n) is 8.87. The van der Waals surface area contributed by atoms with Gasteiger partial charge in [0.25, 0.3) is 0 Å². The fourth-order valence-electron chi connectivity index (χ4n) is 2.99. The highest BCUT2D eigenvalue weighted by Crippen LogP contribution is 2.33. The number of carbonyl (C=O) groups is 1. The van der Waals surface area contributed by atoms with Crippen LogP contribution < -0.4 is 0 Å². The third-order valence-electron chi connectivity index (χ3n) is 4.55. The van der Waals surface area contributed by atoms with Crippen molar-refractivity contribution in [1.29, 1.82) is 0 Å². The van der Waals surface area contributed by atoms with Crippen LogP contribution in [0.2, 0.25) is 0 Å². The van der Waals surface area contributed by atoms with E-state index in [1.165, 1.54) is 7.11 Å². The molecule has 0 bridgehead atoms. The predicted octanol–water partition coefficient (Wildman–Crippen LogP) is 3.80. The molecule has 2 unspecified atom stereocenters. The molecule has 1 aliphatic rings. The molecular formula is C21H28O4. The minimum atomic E-state index is -0.898. The quantitative estimate of drug-likeness (QED) is 0.398. The highest BCUT2D eigenvalue weighted by Gasteiger charge is 2.36. The van der Waals surface area contributed by atoms with Gasteiger partial charge in [-0.15, -0.1) is 0 Å². The van der Waals surface area contributed by atoms with Crippen molar-refractivity contribution in [1.82, 2.24) is 0 Å². The number of hydrogen-bond donors (Lipinski definition) is 1. The summed E-state index contributed by atoms with van der Waals surface area (Å²) in [5.41, 5.74) is 0.209. The second-order valence-corrected chi connectivity index (χ2v) is 6.48. The monoisotopic (exact) mass is 344 g/mol. The van der Waals surface area contributed by atoms with E-state index < -0.39 is 5.60 Å². The van der Waals surface area contributed by atoms with Gasteiger partial charge in [-0.1, -0.05) is 54.6 Å². The first kappa shape index (κ1) is 19.4. The summed E-state index contributed by atoms with van der Waals surface area (Å²) in [6.07, 6.45) is 11.8. The van der Waals surface area contributed by atoms with Gasteiger partial charge in [-0.3, -0.25) is 4.79 Å². The molecule has 4 nitrogen and oxygen atoms in total. The zero-order chi connectivity index (χ0) is 18.0. The van der Waals surface area contributed by atoms with Gasteiger partial charge in [0.2, 0.25) is 0 Å². The number of rotatable bonds is 10. The van der Waals surface area contributed by atoms with Crippen LogP contribution in [-0.2, 0) is 20.9 Å². The molecule has 4 heteroatoms. The number of ether oxygens (including phenoxy) is 2. The molecule has 0 fully saturated rings. The summed E-state index contributed by atoms with van der Waals surface area (Å²) in [5.74, 6) is -0.0292. The van der Waals surface area contributed by atoms with E-state index in [4.69, 9.17) is 4.74 Å². The smallest absolute Gasteiger partial charge is 0.305 e. The molecule has 0 saturated heterocycles. The van der Waals surface area contributed by atoms with Crippen molar-refractivity contribution in [2.24, 2.45) is 5.92 Å². The maximum absolute atomic E-state index is 11.0. The Morgan fingerprint density at radius 2 is 2.12 bits per heavy atom. The standard InChI is InChI=1S/C21H28O4/c1-24-20(22)14-8-3-2-7-12-19-13-9-15-21(19,23)17-25-16-18-10-5-4-6-11-18/h2,4-7,9-11,15,19,23H,3,8,12-14,16-17H2,1H3. The van der Waals surface area contributed by atoms with E-state index in [2.05, 4.69) is 16.9 Å². The Bertz CT molecular complexity index is 579. The lowest BCUT2D eigenvalue weighted by molar-refractivity contribution is -0.140. The number of allylic oxidation sites excluding steroid dienone is 3. The summed E-state index contributed by atoms with van der Waals surface area (Å²) in [5, 5.41) is 10.8. The van der Waals surface area contributed by atoms with E-state index >= 15 is 0 Å². The van der Waals surface area contributed by atoms with E-state index in [1.54, 1.807) is 0 Å². The van der Waals surface area contributed by atoms with Crippen LogP contribution in [0.4, 0.5) is 0 Å². The number of benzene rings is 1. The van der Waals surface area contributed by atoms with Crippen molar-refractivity contribution < 1.29 is 19.4 Å². The molecule has 0 spiro atoms. The molecule has 2 rings (SSSR count). The van der Waals surface area contributed by atoms with Crippen LogP contribution in [0, 0.1) is 5.92 Å². The molecule has 1 aromatic rings. The molecule has 0 aliphatic heterocycles. The van der Waals surface area contributed by atoms with Gasteiger partial charge in [-0.05, 0) is 31.2 Å². The van der Waals surface area contributed by atoms with Crippen molar-refractivity contribution in [3.8, 4) is 0 Å². The minimum Gasteiger partial charge on any atom is -0.469 e. The predicted molar refractivity (Wildman–Crippen MR) is 97.9 cm³/mol. The maximum Gasteiger partial charge on any atom is 0.305 e. The first-order valence-corrected chi connectivity index (χ1v) is 8.87. The number of carbonyl (C=O) groups excluding carboxylic acids is 1. The number of esters is 1. The van der Waals surface area contributed by atoms with Gasteiger partial charge in [0.05, 0.1) is 20.3 Å². The minimum absolute atomic E-state index is 0.139. The Hall–Kier alpha value is -1.91. The lowest BCUT2D eigenvalue weighted by Crippen LogP contribution is -2.37. The summed E-state index contributed by atoms with van der Waals surface area (Å²) in [4.78, 5) is 11.0. The Balaban J connectivity index is 1.70. The third kappa shape index (κ3) is 6.48. The van der Waals surface area contributed by atoms with Gasteiger partial charge in [0.15, 0.2) is 0 Å². The van der Waals surface area contributed by atoms with Gasteiger partial charge in [0.1, 0.15) is 5.60 Å². The second kappa shape index (κ2) is 10.2. The molecule has 136 valence electrons. The van der Waals surface area contributed by atoms with Crippen molar-refractivity contribution in [2.45, 2.75) is 44.3 Å². The van der Waals surface area contributed by atoms with Gasteiger partial charge >= 0.3 is 5.97 Å². The molecule has 1 aromatic carbocycles. The van der Waals surface area contributed by atoms with E-state index in [0.717, 1.165) is 31.2 Å². The molecule has 0 amide bonds. The van der Waals surface area contributed by atoms with Crippen LogP contribution in [0.1, 0.15) is 37.7 Å². The molecule has 0 heterocycles. The molecule has 0 saturated carbocycles. The number of aliphatic hydroxyl groups is 1. The zero-order valence-corrected chi connectivity index (χ0v) is 14.9. The Morgan fingerprint density at radius 1 is 1.32 bits per heavy atom. The summed E-state index contributed by atoms with van der Waals surface area (Å²) >= 11 is 0. The molecule has 1 aliphatic carbocycles. The van der Waals surface area contributed by atoms with Crippen LogP contribution in [0.3, 0.4) is 0 Å². The Kier molecular flexibility index (Phi) is 7.89.